The second-order valence-electron chi connectivity index (χ2n) is 3.84. The summed E-state index contributed by atoms with van der Waals surface area (Å²) in [6.45, 7) is 0. The molecule has 1 unspecified atom stereocenters. The molecule has 0 aliphatic carbocycles. The van der Waals surface area contributed by atoms with Crippen molar-refractivity contribution in [3.05, 3.63) is 23.4 Å². The Hall–Kier alpha value is -1.91. The molecule has 0 aromatic carbocycles. The molecule has 0 aromatic rings. The largest absolute Gasteiger partial charge is 0.480 e. The molecule has 1 fully saturated rings. The first kappa shape index (κ1) is 10.6. The summed E-state index contributed by atoms with van der Waals surface area (Å²) < 4.78 is 0. The molecule has 1 N–H and O–H groups in total. The number of rotatable bonds is 2. The van der Waals surface area contributed by atoms with Gasteiger partial charge in [0.2, 0.25) is 5.91 Å². The van der Waals surface area contributed by atoms with Crippen molar-refractivity contribution < 1.29 is 19.5 Å². The van der Waals surface area contributed by atoms with Gasteiger partial charge in [-0.15, -0.1) is 0 Å². The fourth-order valence-electron chi connectivity index (χ4n) is 2.04. The van der Waals surface area contributed by atoms with Gasteiger partial charge in [-0.2, -0.15) is 0 Å². The van der Waals surface area contributed by atoms with Crippen molar-refractivity contribution in [1.29, 1.82) is 0 Å². The molecule has 1 amide bonds. The summed E-state index contributed by atoms with van der Waals surface area (Å²) in [6.07, 6.45) is 4.86. The Morgan fingerprint density at radius 2 is 2.19 bits per heavy atom. The van der Waals surface area contributed by atoms with Crippen molar-refractivity contribution in [2.45, 2.75) is 25.3 Å². The predicted octanol–water partition coefficient (Wildman–Crippen LogP) is 0.475. The van der Waals surface area contributed by atoms with E-state index in [1.165, 1.54) is 4.90 Å². The van der Waals surface area contributed by atoms with Gasteiger partial charge in [0, 0.05) is 18.5 Å². The lowest BCUT2D eigenvalue weighted by molar-refractivity contribution is -0.147. The highest BCUT2D eigenvalue weighted by Gasteiger charge is 2.37. The molecule has 0 aromatic heterocycles. The zero-order valence-electron chi connectivity index (χ0n) is 8.55. The minimum atomic E-state index is -1.07. The third kappa shape index (κ3) is 1.64. The normalized spacial score (nSPS) is 24.4. The van der Waals surface area contributed by atoms with Crippen LogP contribution >= 0.6 is 0 Å². The average Bonchev–Trinajstić information content (AvgIpc) is 2.51. The van der Waals surface area contributed by atoms with E-state index in [1.807, 2.05) is 0 Å². The topological polar surface area (TPSA) is 74.7 Å². The summed E-state index contributed by atoms with van der Waals surface area (Å²) >= 11 is 0. The third-order valence-corrected chi connectivity index (χ3v) is 2.84. The molecule has 16 heavy (non-hydrogen) atoms. The van der Waals surface area contributed by atoms with Crippen LogP contribution in [0.5, 0.6) is 0 Å². The maximum Gasteiger partial charge on any atom is 0.327 e. The maximum absolute atomic E-state index is 11.6. The molecule has 0 bridgehead atoms. The van der Waals surface area contributed by atoms with E-state index in [1.54, 1.807) is 12.2 Å². The number of fused-ring (bicyclic) bond motifs is 1. The van der Waals surface area contributed by atoms with Crippen LogP contribution in [0.2, 0.25) is 0 Å². The van der Waals surface area contributed by atoms with Crippen molar-refractivity contribution in [2.75, 3.05) is 0 Å². The van der Waals surface area contributed by atoms with E-state index >= 15 is 0 Å². The smallest absolute Gasteiger partial charge is 0.327 e. The lowest BCUT2D eigenvalue weighted by atomic mass is 10.1. The van der Waals surface area contributed by atoms with Crippen molar-refractivity contribution in [1.82, 2.24) is 4.90 Å². The van der Waals surface area contributed by atoms with Crippen molar-refractivity contribution in [2.24, 2.45) is 0 Å². The zero-order valence-corrected chi connectivity index (χ0v) is 8.55. The van der Waals surface area contributed by atoms with Gasteiger partial charge in [0.15, 0.2) is 0 Å². The maximum atomic E-state index is 11.6. The van der Waals surface area contributed by atoms with Crippen molar-refractivity contribution >= 4 is 18.2 Å². The molecule has 2 heterocycles. The Labute approximate surface area is 92.0 Å². The number of aliphatic carboxylic acids is 1. The van der Waals surface area contributed by atoms with Crippen molar-refractivity contribution in [3.63, 3.8) is 0 Å². The van der Waals surface area contributed by atoms with Crippen LogP contribution in [-0.2, 0) is 14.4 Å². The van der Waals surface area contributed by atoms with Crippen LogP contribution in [0.3, 0.4) is 0 Å². The molecule has 0 saturated carbocycles. The number of aldehydes is 1. The summed E-state index contributed by atoms with van der Waals surface area (Å²) in [5.41, 5.74) is 1.09. The fourth-order valence-corrected chi connectivity index (χ4v) is 2.04. The highest BCUT2D eigenvalue weighted by molar-refractivity contribution is 5.89. The van der Waals surface area contributed by atoms with Crippen LogP contribution in [0.4, 0.5) is 0 Å². The van der Waals surface area contributed by atoms with Crippen LogP contribution in [0.25, 0.3) is 0 Å². The van der Waals surface area contributed by atoms with Crippen LogP contribution in [0.1, 0.15) is 19.3 Å². The molecule has 0 radical (unpaired) electrons. The van der Waals surface area contributed by atoms with E-state index in [0.717, 1.165) is 0 Å². The lowest BCUT2D eigenvalue weighted by Crippen LogP contribution is -2.40. The Bertz CT molecular complexity index is 422. The molecule has 1 saturated heterocycles. The summed E-state index contributed by atoms with van der Waals surface area (Å²) in [5, 5.41) is 9.08. The number of nitrogens with zero attached hydrogens (tertiary/aromatic N) is 1. The first-order valence-corrected chi connectivity index (χ1v) is 5.03. The number of carboxylic acid groups (broad SMARTS) is 1. The van der Waals surface area contributed by atoms with Gasteiger partial charge in [-0.1, -0.05) is 6.08 Å². The zero-order chi connectivity index (χ0) is 11.7. The number of carboxylic acids is 1. The predicted molar refractivity (Wildman–Crippen MR) is 54.4 cm³/mol. The number of allylic oxidation sites excluding steroid dienone is 3. The molecule has 2 aliphatic heterocycles. The lowest BCUT2D eigenvalue weighted by Gasteiger charge is -2.24. The molecule has 5 heteroatoms. The van der Waals surface area contributed by atoms with Crippen LogP contribution in [0.15, 0.2) is 23.4 Å². The first-order valence-electron chi connectivity index (χ1n) is 5.03. The Kier molecular flexibility index (Phi) is 2.60. The van der Waals surface area contributed by atoms with Gasteiger partial charge in [-0.3, -0.25) is 9.59 Å². The van der Waals surface area contributed by atoms with Crippen molar-refractivity contribution in [3.8, 4) is 0 Å². The van der Waals surface area contributed by atoms with Crippen LogP contribution < -0.4 is 0 Å². The van der Waals surface area contributed by atoms with E-state index in [9.17, 15) is 14.4 Å². The standard InChI is InChI=1S/C11H11NO4/c13-6-7-1-2-8-3-4-10(14)12(8)9(5-7)11(15)16/h1-2,6,9H,3-5H2,(H,15,16). The molecule has 0 spiro atoms. The highest BCUT2D eigenvalue weighted by atomic mass is 16.4. The Morgan fingerprint density at radius 3 is 2.81 bits per heavy atom. The number of hydrogen-bond donors (Lipinski definition) is 1. The van der Waals surface area contributed by atoms with Gasteiger partial charge in [0.1, 0.15) is 12.3 Å². The number of amides is 1. The molecule has 2 rings (SSSR count). The van der Waals surface area contributed by atoms with Gasteiger partial charge in [-0.05, 0) is 18.1 Å². The Balaban J connectivity index is 2.40. The molecule has 2 aliphatic rings. The third-order valence-electron chi connectivity index (χ3n) is 2.84. The number of hydrogen-bond acceptors (Lipinski definition) is 3. The van der Waals surface area contributed by atoms with E-state index in [2.05, 4.69) is 0 Å². The quantitative estimate of drug-likeness (QED) is 0.688. The van der Waals surface area contributed by atoms with Gasteiger partial charge < -0.3 is 10.0 Å². The minimum Gasteiger partial charge on any atom is -0.480 e. The van der Waals surface area contributed by atoms with Gasteiger partial charge >= 0.3 is 5.97 Å². The van der Waals surface area contributed by atoms with Gasteiger partial charge in [-0.25, -0.2) is 4.79 Å². The van der Waals surface area contributed by atoms with E-state index in [4.69, 9.17) is 5.11 Å². The highest BCUT2D eigenvalue weighted by Crippen LogP contribution is 2.30. The fraction of sp³-hybridized carbons (Fsp3) is 0.364. The monoisotopic (exact) mass is 221 g/mol. The molecular weight excluding hydrogens is 210 g/mol. The summed E-state index contributed by atoms with van der Waals surface area (Å²) in [4.78, 5) is 34.7. The summed E-state index contributed by atoms with van der Waals surface area (Å²) in [7, 11) is 0. The molecule has 84 valence electrons. The second kappa shape index (κ2) is 3.92. The van der Waals surface area contributed by atoms with Crippen LogP contribution in [0, 0.1) is 0 Å². The number of carbonyl (C=O) groups excluding carboxylic acids is 2. The minimum absolute atomic E-state index is 0.0740. The van der Waals surface area contributed by atoms with Gasteiger partial charge in [0.05, 0.1) is 0 Å². The van der Waals surface area contributed by atoms with E-state index in [-0.39, 0.29) is 12.3 Å². The second-order valence-corrected chi connectivity index (χ2v) is 3.84. The average molecular weight is 221 g/mol. The van der Waals surface area contributed by atoms with E-state index in [0.29, 0.717) is 30.4 Å². The van der Waals surface area contributed by atoms with E-state index < -0.39 is 12.0 Å². The van der Waals surface area contributed by atoms with Crippen LogP contribution in [-0.4, -0.2) is 34.2 Å². The first-order chi connectivity index (χ1) is 7.63. The summed E-state index contributed by atoms with van der Waals surface area (Å²) in [6, 6.07) is -0.944. The van der Waals surface area contributed by atoms with Gasteiger partial charge in [0.25, 0.3) is 0 Å². The molecular formula is C11H11NO4. The Morgan fingerprint density at radius 1 is 1.44 bits per heavy atom. The molecule has 1 atom stereocenters. The SMILES string of the molecule is O=CC1=CC=C2CCC(=O)N2C(C(=O)O)C1. The number of carbonyl (C=O) groups is 3. The molecule has 5 nitrogen and oxygen atoms in total. The summed E-state index contributed by atoms with van der Waals surface area (Å²) in [5.74, 6) is -1.25.